The average molecular weight is 379 g/mol. The summed E-state index contributed by atoms with van der Waals surface area (Å²) in [4.78, 5) is 26.2. The van der Waals surface area contributed by atoms with Gasteiger partial charge in [0.25, 0.3) is 0 Å². The highest BCUT2D eigenvalue weighted by Crippen LogP contribution is 2.40. The minimum absolute atomic E-state index is 0.171. The average Bonchev–Trinajstić information content (AvgIpc) is 2.72. The molecular formula is C23H30N4O. The van der Waals surface area contributed by atoms with Crippen molar-refractivity contribution in [1.82, 2.24) is 14.9 Å². The van der Waals surface area contributed by atoms with E-state index in [1.807, 2.05) is 17.2 Å². The fraction of sp³-hybridized carbons (Fsp3) is 0.522. The number of aromatic nitrogens is 2. The third-order valence-corrected chi connectivity index (χ3v) is 6.18. The maximum Gasteiger partial charge on any atom is 0.222 e. The molecule has 5 nitrogen and oxygen atoms in total. The van der Waals surface area contributed by atoms with Crippen molar-refractivity contribution in [2.75, 3.05) is 24.5 Å². The van der Waals surface area contributed by atoms with Crippen LogP contribution in [0.5, 0.6) is 0 Å². The zero-order valence-electron chi connectivity index (χ0n) is 17.0. The van der Waals surface area contributed by atoms with Crippen LogP contribution in [0.25, 0.3) is 0 Å². The third kappa shape index (κ3) is 4.03. The molecular weight excluding hydrogens is 348 g/mol. The Morgan fingerprint density at radius 1 is 1.14 bits per heavy atom. The first kappa shape index (κ1) is 18.9. The summed E-state index contributed by atoms with van der Waals surface area (Å²) >= 11 is 0. The normalized spacial score (nSPS) is 22.9. The summed E-state index contributed by atoms with van der Waals surface area (Å²) in [5.74, 6) is 1.79. The first-order chi connectivity index (χ1) is 13.5. The highest BCUT2D eigenvalue weighted by molar-refractivity contribution is 5.77. The molecule has 148 valence electrons. The topological polar surface area (TPSA) is 49.3 Å². The highest BCUT2D eigenvalue weighted by Gasteiger charge is 2.42. The van der Waals surface area contributed by atoms with Crippen LogP contribution in [0.15, 0.2) is 42.7 Å². The van der Waals surface area contributed by atoms with E-state index in [9.17, 15) is 4.79 Å². The molecule has 4 heterocycles. The Morgan fingerprint density at radius 3 is 2.82 bits per heavy atom. The quantitative estimate of drug-likeness (QED) is 0.807. The van der Waals surface area contributed by atoms with Crippen LogP contribution >= 0.6 is 0 Å². The molecule has 2 aliphatic heterocycles. The summed E-state index contributed by atoms with van der Waals surface area (Å²) in [6.07, 6.45) is 7.61. The molecule has 1 atom stereocenters. The zero-order valence-corrected chi connectivity index (χ0v) is 17.0. The molecule has 0 saturated carbocycles. The molecule has 4 rings (SSSR count). The lowest BCUT2D eigenvalue weighted by atomic mass is 9.73. The Morgan fingerprint density at radius 2 is 2.04 bits per heavy atom. The van der Waals surface area contributed by atoms with Gasteiger partial charge in [-0.1, -0.05) is 26.0 Å². The van der Waals surface area contributed by atoms with E-state index in [0.717, 1.165) is 49.6 Å². The van der Waals surface area contributed by atoms with Crippen molar-refractivity contribution in [3.63, 3.8) is 0 Å². The third-order valence-electron chi connectivity index (χ3n) is 6.18. The minimum Gasteiger partial charge on any atom is -0.356 e. The van der Waals surface area contributed by atoms with Gasteiger partial charge in [0.2, 0.25) is 5.91 Å². The van der Waals surface area contributed by atoms with Gasteiger partial charge in [0.1, 0.15) is 5.82 Å². The first-order valence-corrected chi connectivity index (χ1v) is 10.4. The fourth-order valence-corrected chi connectivity index (χ4v) is 4.63. The van der Waals surface area contributed by atoms with Crippen molar-refractivity contribution in [1.29, 1.82) is 0 Å². The monoisotopic (exact) mass is 378 g/mol. The number of amides is 1. The Balaban J connectivity index is 1.51. The molecule has 1 amide bonds. The number of carbonyl (C=O) groups is 1. The van der Waals surface area contributed by atoms with E-state index in [4.69, 9.17) is 4.98 Å². The lowest BCUT2D eigenvalue weighted by molar-refractivity contribution is -0.138. The molecule has 2 aromatic rings. The Labute approximate surface area is 167 Å². The first-order valence-electron chi connectivity index (χ1n) is 10.4. The number of anilines is 1. The van der Waals surface area contributed by atoms with Gasteiger partial charge in [0.05, 0.1) is 0 Å². The lowest BCUT2D eigenvalue weighted by Gasteiger charge is -2.48. The summed E-state index contributed by atoms with van der Waals surface area (Å²) < 4.78 is 0. The van der Waals surface area contributed by atoms with Crippen molar-refractivity contribution in [3.8, 4) is 0 Å². The molecule has 2 fully saturated rings. The number of rotatable bonds is 4. The van der Waals surface area contributed by atoms with Crippen LogP contribution < -0.4 is 4.90 Å². The molecule has 1 spiro atoms. The smallest absolute Gasteiger partial charge is 0.222 e. The van der Waals surface area contributed by atoms with Crippen LogP contribution in [0.3, 0.4) is 0 Å². The Hall–Kier alpha value is -2.43. The van der Waals surface area contributed by atoms with Crippen LogP contribution in [0.2, 0.25) is 0 Å². The zero-order chi connectivity index (χ0) is 19.6. The summed E-state index contributed by atoms with van der Waals surface area (Å²) in [5, 5.41) is 0. The molecule has 0 radical (unpaired) electrons. The summed E-state index contributed by atoms with van der Waals surface area (Å²) in [5.41, 5.74) is 2.42. The molecule has 5 heteroatoms. The Kier molecular flexibility index (Phi) is 5.33. The van der Waals surface area contributed by atoms with E-state index in [2.05, 4.69) is 48.0 Å². The van der Waals surface area contributed by atoms with Crippen molar-refractivity contribution >= 4 is 11.7 Å². The van der Waals surface area contributed by atoms with Gasteiger partial charge >= 0.3 is 0 Å². The maximum atomic E-state index is 12.6. The maximum absolute atomic E-state index is 12.6. The molecule has 0 bridgehead atoms. The second kappa shape index (κ2) is 7.90. The SMILES string of the molecule is CC(C)c1cccc(N2CCC[C@]3(CCC(=O)N(Cc4cccnc4)C3)C2)n1. The van der Waals surface area contributed by atoms with E-state index in [0.29, 0.717) is 18.9 Å². The van der Waals surface area contributed by atoms with E-state index >= 15 is 0 Å². The fourth-order valence-electron chi connectivity index (χ4n) is 4.63. The van der Waals surface area contributed by atoms with Gasteiger partial charge in [-0.05, 0) is 48.9 Å². The van der Waals surface area contributed by atoms with Gasteiger partial charge in [-0.3, -0.25) is 9.78 Å². The van der Waals surface area contributed by atoms with Crippen LogP contribution in [-0.2, 0) is 11.3 Å². The van der Waals surface area contributed by atoms with Gasteiger partial charge in [-0.2, -0.15) is 0 Å². The second-order valence-corrected chi connectivity index (χ2v) is 8.71. The van der Waals surface area contributed by atoms with Crippen LogP contribution in [0.1, 0.15) is 56.7 Å². The molecule has 2 aliphatic rings. The Bertz CT molecular complexity index is 822. The second-order valence-electron chi connectivity index (χ2n) is 8.71. The highest BCUT2D eigenvalue weighted by atomic mass is 16.2. The van der Waals surface area contributed by atoms with Crippen molar-refractivity contribution in [2.24, 2.45) is 5.41 Å². The molecule has 2 aromatic heterocycles. The van der Waals surface area contributed by atoms with E-state index in [-0.39, 0.29) is 11.3 Å². The number of carbonyl (C=O) groups excluding carboxylic acids is 1. The largest absolute Gasteiger partial charge is 0.356 e. The minimum atomic E-state index is 0.171. The number of nitrogens with zero attached hydrogens (tertiary/aromatic N) is 4. The number of hydrogen-bond donors (Lipinski definition) is 0. The summed E-state index contributed by atoms with van der Waals surface area (Å²) in [7, 11) is 0. The van der Waals surface area contributed by atoms with Crippen LogP contribution in [0.4, 0.5) is 5.82 Å². The van der Waals surface area contributed by atoms with Crippen molar-refractivity contribution < 1.29 is 4.79 Å². The molecule has 0 aliphatic carbocycles. The van der Waals surface area contributed by atoms with E-state index in [1.165, 1.54) is 6.42 Å². The predicted octanol–water partition coefficient (Wildman–Crippen LogP) is 4.01. The standard InChI is InChI=1S/C23H30N4O/c1-18(2)20-7-3-8-21(25-20)26-13-5-10-23(16-26)11-9-22(28)27(17-23)15-19-6-4-12-24-14-19/h3-4,6-8,12,14,18H,5,9-11,13,15-17H2,1-2H3/t23-/m0/s1. The summed E-state index contributed by atoms with van der Waals surface area (Å²) in [6, 6.07) is 10.4. The number of likely N-dealkylation sites (tertiary alicyclic amines) is 1. The van der Waals surface area contributed by atoms with Gasteiger partial charge in [0.15, 0.2) is 0 Å². The molecule has 28 heavy (non-hydrogen) atoms. The van der Waals surface area contributed by atoms with Gasteiger partial charge in [-0.15, -0.1) is 0 Å². The van der Waals surface area contributed by atoms with Crippen LogP contribution in [-0.4, -0.2) is 40.4 Å². The predicted molar refractivity (Wildman–Crippen MR) is 111 cm³/mol. The molecule has 0 aromatic carbocycles. The van der Waals surface area contributed by atoms with Gasteiger partial charge in [-0.25, -0.2) is 4.98 Å². The molecule has 0 unspecified atom stereocenters. The lowest BCUT2D eigenvalue weighted by Crippen LogP contribution is -2.54. The van der Waals surface area contributed by atoms with Crippen molar-refractivity contribution in [3.05, 3.63) is 54.0 Å². The number of piperidine rings is 2. The van der Waals surface area contributed by atoms with Crippen molar-refractivity contribution in [2.45, 2.75) is 52.0 Å². The van der Waals surface area contributed by atoms with Gasteiger partial charge < -0.3 is 9.80 Å². The number of hydrogen-bond acceptors (Lipinski definition) is 4. The van der Waals surface area contributed by atoms with Crippen LogP contribution in [0, 0.1) is 5.41 Å². The number of pyridine rings is 2. The summed E-state index contributed by atoms with van der Waals surface area (Å²) in [6.45, 7) is 7.90. The molecule has 0 N–H and O–H groups in total. The van der Waals surface area contributed by atoms with Gasteiger partial charge in [0, 0.05) is 56.1 Å². The molecule has 2 saturated heterocycles. The van der Waals surface area contributed by atoms with E-state index in [1.54, 1.807) is 6.20 Å². The van der Waals surface area contributed by atoms with E-state index < -0.39 is 0 Å².